The minimum atomic E-state index is -1.43. The summed E-state index contributed by atoms with van der Waals surface area (Å²) in [5.41, 5.74) is 19.1. The van der Waals surface area contributed by atoms with Gasteiger partial charge in [0.2, 0.25) is 23.6 Å². The Bertz CT molecular complexity index is 1470. The lowest BCUT2D eigenvalue weighted by molar-refractivity contribution is -0.142. The van der Waals surface area contributed by atoms with Gasteiger partial charge in [0.1, 0.15) is 23.9 Å². The summed E-state index contributed by atoms with van der Waals surface area (Å²) in [7, 11) is 0. The minimum Gasteiger partial charge on any atom is -0.508 e. The van der Waals surface area contributed by atoms with E-state index in [0.29, 0.717) is 30.5 Å². The number of nitrogens with two attached hydrogens (primary N) is 3. The van der Waals surface area contributed by atoms with Crippen LogP contribution >= 0.6 is 0 Å². The number of carboxylic acids is 1. The summed E-state index contributed by atoms with van der Waals surface area (Å²) in [5.74, 6) is -4.06. The Kier molecular flexibility index (Phi) is 12.9. The molecular formula is C31H41N7O7. The molecule has 0 aliphatic heterocycles. The van der Waals surface area contributed by atoms with Crippen molar-refractivity contribution in [3.63, 3.8) is 0 Å². The van der Waals surface area contributed by atoms with Gasteiger partial charge in [-0.05, 0) is 68.0 Å². The normalized spacial score (nSPS) is 13.7. The fourth-order valence-electron chi connectivity index (χ4n) is 4.84. The second-order valence-electron chi connectivity index (χ2n) is 10.9. The van der Waals surface area contributed by atoms with Gasteiger partial charge in [-0.1, -0.05) is 30.3 Å². The maximum atomic E-state index is 13.6. The number of carbonyl (C=O) groups is 5. The number of phenolic OH excluding ortho intramolecular Hbond substituents is 1. The largest absolute Gasteiger partial charge is 0.508 e. The van der Waals surface area contributed by atoms with Crippen LogP contribution in [0, 0.1) is 0 Å². The van der Waals surface area contributed by atoms with E-state index in [9.17, 15) is 34.2 Å². The van der Waals surface area contributed by atoms with E-state index in [1.165, 1.54) is 12.1 Å². The molecule has 1 heterocycles. The Morgan fingerprint density at radius 3 is 2.11 bits per heavy atom. The standard InChI is InChI=1S/C31H41N7O7/c32-14-4-3-7-24(36-28(41)22(33)15-18-8-10-20(39)11-9-18)29(42)38-26(16-19-17-35-23-6-2-1-5-21(19)23)30(43)37-25(31(44)45)12-13-27(34)40/h1-2,5-6,8-11,17,22,24-26,35,39H,3-4,7,12-16,32-33H2,(H2,34,40)(H,36,41)(H,37,43)(H,38,42)(H,44,45). The van der Waals surface area contributed by atoms with E-state index in [1.54, 1.807) is 18.3 Å². The van der Waals surface area contributed by atoms with E-state index in [4.69, 9.17) is 17.2 Å². The second kappa shape index (κ2) is 16.8. The highest BCUT2D eigenvalue weighted by Crippen LogP contribution is 2.20. The Labute approximate surface area is 260 Å². The van der Waals surface area contributed by atoms with Crippen molar-refractivity contribution in [3.05, 3.63) is 65.9 Å². The molecular weight excluding hydrogens is 582 g/mol. The van der Waals surface area contributed by atoms with Crippen LogP contribution in [0.5, 0.6) is 5.75 Å². The number of H-pyrrole nitrogens is 1. The fraction of sp³-hybridized carbons (Fsp3) is 0.387. The van der Waals surface area contributed by atoms with E-state index >= 15 is 0 Å². The van der Waals surface area contributed by atoms with Crippen LogP contribution in [0.3, 0.4) is 0 Å². The number of phenols is 1. The van der Waals surface area contributed by atoms with Crippen molar-refractivity contribution >= 4 is 40.5 Å². The summed E-state index contributed by atoms with van der Waals surface area (Å²) in [6, 6.07) is 8.83. The van der Waals surface area contributed by atoms with Crippen LogP contribution in [0.4, 0.5) is 0 Å². The number of aromatic hydroxyl groups is 1. The predicted octanol–water partition coefficient (Wildman–Crippen LogP) is -0.0805. The molecule has 2 aromatic carbocycles. The lowest BCUT2D eigenvalue weighted by atomic mass is 10.0. The number of aromatic amines is 1. The zero-order valence-corrected chi connectivity index (χ0v) is 24.8. The SMILES string of the molecule is NCCCCC(NC(=O)C(N)Cc1ccc(O)cc1)C(=O)NC(Cc1c[nH]c2ccccc12)C(=O)NC(CCC(N)=O)C(=O)O. The smallest absolute Gasteiger partial charge is 0.326 e. The molecule has 0 saturated carbocycles. The molecule has 0 spiro atoms. The summed E-state index contributed by atoms with van der Waals surface area (Å²) in [6.45, 7) is 0.371. The Balaban J connectivity index is 1.81. The highest BCUT2D eigenvalue weighted by molar-refractivity contribution is 5.95. The fourth-order valence-corrected chi connectivity index (χ4v) is 4.84. The first-order valence-electron chi connectivity index (χ1n) is 14.7. The van der Waals surface area contributed by atoms with Gasteiger partial charge in [-0.15, -0.1) is 0 Å². The predicted molar refractivity (Wildman–Crippen MR) is 167 cm³/mol. The number of carboxylic acid groups (broad SMARTS) is 1. The maximum absolute atomic E-state index is 13.6. The number of benzene rings is 2. The van der Waals surface area contributed by atoms with E-state index in [2.05, 4.69) is 20.9 Å². The van der Waals surface area contributed by atoms with Gasteiger partial charge in [0, 0.05) is 29.9 Å². The molecule has 4 amide bonds. The molecule has 14 nitrogen and oxygen atoms in total. The molecule has 12 N–H and O–H groups in total. The average Bonchev–Trinajstić information content (AvgIpc) is 3.41. The first-order chi connectivity index (χ1) is 21.5. The van der Waals surface area contributed by atoms with Crippen LogP contribution in [0.2, 0.25) is 0 Å². The van der Waals surface area contributed by atoms with Crippen LogP contribution in [0.1, 0.15) is 43.2 Å². The van der Waals surface area contributed by atoms with Crippen molar-refractivity contribution in [2.75, 3.05) is 6.54 Å². The molecule has 0 radical (unpaired) electrons. The summed E-state index contributed by atoms with van der Waals surface area (Å²) in [6.07, 6.45) is 2.62. The number of nitrogens with one attached hydrogen (secondary N) is 4. The summed E-state index contributed by atoms with van der Waals surface area (Å²) in [4.78, 5) is 66.4. The molecule has 4 unspecified atom stereocenters. The van der Waals surface area contributed by atoms with Gasteiger partial charge in [0.15, 0.2) is 0 Å². The Morgan fingerprint density at radius 2 is 1.44 bits per heavy atom. The molecule has 14 heteroatoms. The van der Waals surface area contributed by atoms with Crippen molar-refractivity contribution < 1.29 is 34.2 Å². The number of carbonyl (C=O) groups excluding carboxylic acids is 4. The van der Waals surface area contributed by atoms with E-state index < -0.39 is 53.8 Å². The molecule has 0 fully saturated rings. The maximum Gasteiger partial charge on any atom is 0.326 e. The number of unbranched alkanes of at least 4 members (excludes halogenated alkanes) is 1. The number of rotatable bonds is 18. The van der Waals surface area contributed by atoms with Crippen LogP contribution in [-0.2, 0) is 36.8 Å². The van der Waals surface area contributed by atoms with Gasteiger partial charge in [0.05, 0.1) is 6.04 Å². The second-order valence-corrected chi connectivity index (χ2v) is 10.9. The van der Waals surface area contributed by atoms with Gasteiger partial charge >= 0.3 is 5.97 Å². The molecule has 0 bridgehead atoms. The number of hydrogen-bond donors (Lipinski definition) is 9. The average molecular weight is 624 g/mol. The lowest BCUT2D eigenvalue weighted by Gasteiger charge is -2.25. The highest BCUT2D eigenvalue weighted by Gasteiger charge is 2.31. The number of fused-ring (bicyclic) bond motifs is 1. The third-order valence-corrected chi connectivity index (χ3v) is 7.33. The molecule has 242 valence electrons. The van der Waals surface area contributed by atoms with Gasteiger partial charge < -0.3 is 48.3 Å². The molecule has 3 rings (SSSR count). The summed E-state index contributed by atoms with van der Waals surface area (Å²) in [5, 5.41) is 27.7. The monoisotopic (exact) mass is 623 g/mol. The van der Waals surface area contributed by atoms with Crippen molar-refractivity contribution in [3.8, 4) is 5.75 Å². The lowest BCUT2D eigenvalue weighted by Crippen LogP contribution is -2.57. The molecule has 0 saturated heterocycles. The van der Waals surface area contributed by atoms with Crippen molar-refractivity contribution in [1.29, 1.82) is 0 Å². The third-order valence-electron chi connectivity index (χ3n) is 7.33. The van der Waals surface area contributed by atoms with Gasteiger partial charge in [-0.3, -0.25) is 19.2 Å². The van der Waals surface area contributed by atoms with Crippen LogP contribution in [0.15, 0.2) is 54.7 Å². The van der Waals surface area contributed by atoms with Crippen LogP contribution < -0.4 is 33.2 Å². The van der Waals surface area contributed by atoms with Gasteiger partial charge in [0.25, 0.3) is 0 Å². The van der Waals surface area contributed by atoms with Crippen LogP contribution in [0.25, 0.3) is 10.9 Å². The minimum absolute atomic E-state index is 0.00637. The number of amides is 4. The van der Waals surface area contributed by atoms with Gasteiger partial charge in [-0.2, -0.15) is 0 Å². The molecule has 1 aromatic heterocycles. The van der Waals surface area contributed by atoms with E-state index in [1.807, 2.05) is 24.3 Å². The highest BCUT2D eigenvalue weighted by atomic mass is 16.4. The third kappa shape index (κ3) is 10.6. The van der Waals surface area contributed by atoms with Gasteiger partial charge in [-0.25, -0.2) is 4.79 Å². The molecule has 4 atom stereocenters. The number of para-hydroxylation sites is 1. The molecule has 3 aromatic rings. The first kappa shape index (κ1) is 34.5. The van der Waals surface area contributed by atoms with Crippen molar-refractivity contribution in [2.24, 2.45) is 17.2 Å². The number of hydrogen-bond acceptors (Lipinski definition) is 8. The zero-order valence-electron chi connectivity index (χ0n) is 24.8. The summed E-state index contributed by atoms with van der Waals surface area (Å²) >= 11 is 0. The quantitative estimate of drug-likeness (QED) is 0.0857. The van der Waals surface area contributed by atoms with Crippen molar-refractivity contribution in [1.82, 2.24) is 20.9 Å². The zero-order chi connectivity index (χ0) is 32.9. The topological polar surface area (TPSA) is 256 Å². The number of primary amides is 1. The molecule has 0 aliphatic rings. The number of aliphatic carboxylic acids is 1. The van der Waals surface area contributed by atoms with E-state index in [0.717, 1.165) is 10.9 Å². The van der Waals surface area contributed by atoms with Crippen molar-refractivity contribution in [2.45, 2.75) is 69.1 Å². The first-order valence-corrected chi connectivity index (χ1v) is 14.7. The summed E-state index contributed by atoms with van der Waals surface area (Å²) < 4.78 is 0. The Hall–Kier alpha value is -4.95. The van der Waals surface area contributed by atoms with E-state index in [-0.39, 0.29) is 37.9 Å². The van der Waals surface area contributed by atoms with Crippen LogP contribution in [-0.4, -0.2) is 75.5 Å². The molecule has 45 heavy (non-hydrogen) atoms. The molecule has 0 aliphatic carbocycles. The Morgan fingerprint density at radius 1 is 0.800 bits per heavy atom. The number of aromatic nitrogens is 1.